The summed E-state index contributed by atoms with van der Waals surface area (Å²) >= 11 is 0. The van der Waals surface area contributed by atoms with E-state index in [1.165, 1.54) is 0 Å². The predicted molar refractivity (Wildman–Crippen MR) is 46.6 cm³/mol. The molecule has 2 aliphatic rings. The first kappa shape index (κ1) is 10.3. The number of methoxy groups -OCH3 is 1. The third-order valence-corrected chi connectivity index (χ3v) is 2.52. The van der Waals surface area contributed by atoms with Gasteiger partial charge < -0.3 is 24.1 Å². The summed E-state index contributed by atoms with van der Waals surface area (Å²) in [5.41, 5.74) is 0. The number of aliphatic hydroxyl groups is 1. The fraction of sp³-hybridized carbons (Fsp3) is 1.00. The zero-order valence-corrected chi connectivity index (χ0v) is 8.60. The molecule has 2 heterocycles. The number of ether oxygens (including phenoxy) is 4. The van der Waals surface area contributed by atoms with E-state index in [1.807, 2.05) is 13.8 Å². The van der Waals surface area contributed by atoms with Gasteiger partial charge in [-0.2, -0.15) is 0 Å². The lowest BCUT2D eigenvalue weighted by Gasteiger charge is -2.22. The lowest BCUT2D eigenvalue weighted by Crippen LogP contribution is -2.31. The normalized spacial score (nSPS) is 45.4. The molecule has 0 aromatic carbocycles. The fourth-order valence-corrected chi connectivity index (χ4v) is 1.98. The molecule has 14 heavy (non-hydrogen) atoms. The van der Waals surface area contributed by atoms with Crippen molar-refractivity contribution >= 4 is 0 Å². The van der Waals surface area contributed by atoms with E-state index in [0.29, 0.717) is 0 Å². The largest absolute Gasteiger partial charge is 0.394 e. The van der Waals surface area contributed by atoms with Crippen molar-refractivity contribution in [3.05, 3.63) is 0 Å². The van der Waals surface area contributed by atoms with Gasteiger partial charge in [0.05, 0.1) is 6.61 Å². The number of hydrogen-bond donors (Lipinski definition) is 1. The van der Waals surface area contributed by atoms with E-state index in [0.717, 1.165) is 0 Å². The molecule has 5 nitrogen and oxygen atoms in total. The first-order valence-corrected chi connectivity index (χ1v) is 4.72. The Kier molecular flexibility index (Phi) is 2.53. The minimum atomic E-state index is -0.622. The van der Waals surface area contributed by atoms with Crippen molar-refractivity contribution < 1.29 is 24.1 Å². The zero-order valence-electron chi connectivity index (χ0n) is 8.60. The third-order valence-electron chi connectivity index (χ3n) is 2.52. The highest BCUT2D eigenvalue weighted by atomic mass is 16.8. The Hall–Kier alpha value is -0.200. The number of aliphatic hydroxyl groups excluding tert-OH is 1. The van der Waals surface area contributed by atoms with E-state index in [4.69, 9.17) is 24.1 Å². The highest BCUT2D eigenvalue weighted by molar-refractivity contribution is 4.94. The lowest BCUT2D eigenvalue weighted by atomic mass is 10.1. The van der Waals surface area contributed by atoms with Crippen LogP contribution in [0, 0.1) is 0 Å². The quantitative estimate of drug-likeness (QED) is 0.679. The Morgan fingerprint density at radius 2 is 1.93 bits per heavy atom. The molecular formula is C9H16O5. The second-order valence-electron chi connectivity index (χ2n) is 4.03. The van der Waals surface area contributed by atoms with Crippen LogP contribution in [0.5, 0.6) is 0 Å². The molecule has 0 bridgehead atoms. The van der Waals surface area contributed by atoms with Crippen molar-refractivity contribution in [2.45, 2.75) is 44.2 Å². The van der Waals surface area contributed by atoms with E-state index in [2.05, 4.69) is 0 Å². The molecule has 2 fully saturated rings. The van der Waals surface area contributed by atoms with Crippen LogP contribution in [0.25, 0.3) is 0 Å². The number of rotatable bonds is 2. The molecule has 1 unspecified atom stereocenters. The fourth-order valence-electron chi connectivity index (χ4n) is 1.98. The maximum atomic E-state index is 9.08. The van der Waals surface area contributed by atoms with E-state index >= 15 is 0 Å². The van der Waals surface area contributed by atoms with Crippen molar-refractivity contribution in [2.75, 3.05) is 13.7 Å². The summed E-state index contributed by atoms with van der Waals surface area (Å²) in [6.07, 6.45) is -1.28. The highest BCUT2D eigenvalue weighted by Crippen LogP contribution is 2.38. The molecule has 2 rings (SSSR count). The third kappa shape index (κ3) is 1.55. The maximum absolute atomic E-state index is 9.08. The molecule has 1 N–H and O–H groups in total. The summed E-state index contributed by atoms with van der Waals surface area (Å²) < 4.78 is 21.8. The van der Waals surface area contributed by atoms with Gasteiger partial charge in [-0.05, 0) is 13.8 Å². The molecule has 0 aromatic rings. The van der Waals surface area contributed by atoms with E-state index in [9.17, 15) is 0 Å². The molecule has 2 aliphatic heterocycles. The monoisotopic (exact) mass is 204 g/mol. The Morgan fingerprint density at radius 1 is 1.29 bits per heavy atom. The van der Waals surface area contributed by atoms with Gasteiger partial charge >= 0.3 is 0 Å². The van der Waals surface area contributed by atoms with Crippen LogP contribution >= 0.6 is 0 Å². The number of hydrogen-bond acceptors (Lipinski definition) is 5. The molecule has 5 heteroatoms. The molecule has 0 aromatic heterocycles. The van der Waals surface area contributed by atoms with Gasteiger partial charge in [0, 0.05) is 7.11 Å². The van der Waals surface area contributed by atoms with Crippen LogP contribution in [0.15, 0.2) is 0 Å². The molecule has 2 saturated heterocycles. The smallest absolute Gasteiger partial charge is 0.186 e. The van der Waals surface area contributed by atoms with Crippen LogP contribution < -0.4 is 0 Å². The van der Waals surface area contributed by atoms with E-state index < -0.39 is 12.1 Å². The maximum Gasteiger partial charge on any atom is 0.186 e. The van der Waals surface area contributed by atoms with Crippen LogP contribution in [-0.2, 0) is 18.9 Å². The Labute approximate surface area is 82.9 Å². The van der Waals surface area contributed by atoms with Gasteiger partial charge in [-0.25, -0.2) is 0 Å². The van der Waals surface area contributed by atoms with Crippen LogP contribution in [0.3, 0.4) is 0 Å². The first-order valence-electron chi connectivity index (χ1n) is 4.72. The molecule has 0 saturated carbocycles. The minimum absolute atomic E-state index is 0.0829. The van der Waals surface area contributed by atoms with Crippen molar-refractivity contribution in [3.63, 3.8) is 0 Å². The van der Waals surface area contributed by atoms with Crippen molar-refractivity contribution in [3.8, 4) is 0 Å². The Bertz CT molecular complexity index is 197. The lowest BCUT2D eigenvalue weighted by molar-refractivity contribution is -0.230. The standard InChI is InChI=1S/C9H16O5/c1-9(2)13-6-5(4-10)12-8(11-3)7(6)14-9/h5-8,10H,4H2,1-3H3/t5-,6+,7+,8?/m0/s1. The average Bonchev–Trinajstić information content (AvgIpc) is 2.57. The van der Waals surface area contributed by atoms with Crippen LogP contribution in [0.2, 0.25) is 0 Å². The van der Waals surface area contributed by atoms with Gasteiger partial charge in [-0.1, -0.05) is 0 Å². The van der Waals surface area contributed by atoms with Gasteiger partial charge in [0.25, 0.3) is 0 Å². The predicted octanol–water partition coefficient (Wildman–Crippen LogP) is -0.130. The molecule has 4 atom stereocenters. The molecule has 0 aliphatic carbocycles. The topological polar surface area (TPSA) is 57.2 Å². The highest BCUT2D eigenvalue weighted by Gasteiger charge is 2.55. The van der Waals surface area contributed by atoms with Gasteiger partial charge in [0.1, 0.15) is 18.3 Å². The molecule has 82 valence electrons. The summed E-state index contributed by atoms with van der Waals surface area (Å²) in [5, 5.41) is 9.08. The molecule has 0 spiro atoms. The summed E-state index contributed by atoms with van der Waals surface area (Å²) in [7, 11) is 1.55. The van der Waals surface area contributed by atoms with Crippen molar-refractivity contribution in [1.82, 2.24) is 0 Å². The average molecular weight is 204 g/mol. The van der Waals surface area contributed by atoms with E-state index in [1.54, 1.807) is 7.11 Å². The van der Waals surface area contributed by atoms with Crippen LogP contribution in [-0.4, -0.2) is 49.2 Å². The molecule has 0 radical (unpaired) electrons. The van der Waals surface area contributed by atoms with Crippen molar-refractivity contribution in [1.29, 1.82) is 0 Å². The van der Waals surface area contributed by atoms with Gasteiger partial charge in [0.15, 0.2) is 12.1 Å². The van der Waals surface area contributed by atoms with Crippen molar-refractivity contribution in [2.24, 2.45) is 0 Å². The summed E-state index contributed by atoms with van der Waals surface area (Å²) in [4.78, 5) is 0. The van der Waals surface area contributed by atoms with Crippen LogP contribution in [0.1, 0.15) is 13.8 Å². The van der Waals surface area contributed by atoms with Gasteiger partial charge in [-0.15, -0.1) is 0 Å². The Morgan fingerprint density at radius 3 is 2.50 bits per heavy atom. The van der Waals surface area contributed by atoms with Gasteiger partial charge in [0.2, 0.25) is 0 Å². The molecule has 0 amide bonds. The van der Waals surface area contributed by atoms with Gasteiger partial charge in [-0.3, -0.25) is 0 Å². The second-order valence-corrected chi connectivity index (χ2v) is 4.03. The zero-order chi connectivity index (χ0) is 10.3. The Balaban J connectivity index is 2.12. The number of fused-ring (bicyclic) bond motifs is 1. The SMILES string of the molecule is COC1O[C@@H](CO)[C@H]2OC(C)(C)O[C@@H]12. The summed E-state index contributed by atoms with van der Waals surface area (Å²) in [6.45, 7) is 3.60. The minimum Gasteiger partial charge on any atom is -0.394 e. The van der Waals surface area contributed by atoms with Crippen LogP contribution in [0.4, 0.5) is 0 Å². The van der Waals surface area contributed by atoms with E-state index in [-0.39, 0.29) is 24.9 Å². The second kappa shape index (κ2) is 3.43. The summed E-state index contributed by atoms with van der Waals surface area (Å²) in [6, 6.07) is 0. The molecular weight excluding hydrogens is 188 g/mol. The summed E-state index contributed by atoms with van der Waals surface area (Å²) in [5.74, 6) is -0.622. The first-order chi connectivity index (χ1) is 6.57.